The van der Waals surface area contributed by atoms with E-state index in [1.54, 1.807) is 14.7 Å². The van der Waals surface area contributed by atoms with Gasteiger partial charge in [-0.05, 0) is 205 Å². The number of fused-ring (bicyclic) bond motifs is 6. The largest absolute Gasteiger partial charge is 0.363 e. The van der Waals surface area contributed by atoms with Crippen molar-refractivity contribution in [3.8, 4) is 0 Å². The Morgan fingerprint density at radius 3 is 0.979 bits per heavy atom. The number of amides is 15. The van der Waals surface area contributed by atoms with Crippen LogP contribution in [-0.4, -0.2) is 300 Å². The maximum absolute atomic E-state index is 15.0. The molecule has 12 aliphatic rings. The molecule has 814 valence electrons. The molecule has 12 rings (SSSR count). The van der Waals surface area contributed by atoms with Crippen LogP contribution in [0.15, 0.2) is 12.7 Å². The third kappa shape index (κ3) is 28.6. The molecule has 3 aliphatic heterocycles. The molecule has 15 amide bonds. The molecule has 9 aliphatic carbocycles. The number of ketones is 3. The number of likely N-dealkylation sites (tertiary alicyclic amines) is 3. The summed E-state index contributed by atoms with van der Waals surface area (Å²) in [5, 5.41) is 28.6. The monoisotopic (exact) mass is 2080 g/mol. The highest BCUT2D eigenvalue weighted by atomic mass is 32.2. The Labute approximate surface area is 854 Å². The van der Waals surface area contributed by atoms with Crippen molar-refractivity contribution >= 4 is 119 Å². The second kappa shape index (κ2) is 45.1. The van der Waals surface area contributed by atoms with Crippen LogP contribution in [0.3, 0.4) is 0 Å². The topological polar surface area (TPSA) is 550 Å². The van der Waals surface area contributed by atoms with Gasteiger partial charge in [-0.15, -0.1) is 6.58 Å². The molecule has 0 aromatic heterocycles. The van der Waals surface area contributed by atoms with Gasteiger partial charge in [0, 0.05) is 85.1 Å². The molecule has 39 nitrogen and oxygen atoms in total. The molecule has 9 saturated carbocycles. The summed E-state index contributed by atoms with van der Waals surface area (Å²) in [5.41, 5.74) is 7.43. The predicted octanol–water partition coefficient (Wildman–Crippen LogP) is 6.22. The third-order valence-corrected chi connectivity index (χ3v) is 38.1. The number of hydrogen-bond donors (Lipinski definition) is 12. The van der Waals surface area contributed by atoms with Crippen molar-refractivity contribution in [1.82, 2.24) is 80.8 Å². The van der Waals surface area contributed by atoms with E-state index in [2.05, 4.69) is 59.7 Å². The Hall–Kier alpha value is -8.48. The van der Waals surface area contributed by atoms with Crippen molar-refractivity contribution in [3.05, 3.63) is 12.7 Å². The van der Waals surface area contributed by atoms with Crippen LogP contribution in [0.25, 0.3) is 0 Å². The summed E-state index contributed by atoms with van der Waals surface area (Å²) >= 11 is 0. The van der Waals surface area contributed by atoms with Crippen molar-refractivity contribution < 1.29 is 97.2 Å². The summed E-state index contributed by atoms with van der Waals surface area (Å²) in [6.07, 6.45) is 26.9. The summed E-state index contributed by atoms with van der Waals surface area (Å²) in [5.74, 6) is -7.26. The maximum Gasteiger partial charge on any atom is 0.315 e. The van der Waals surface area contributed by atoms with E-state index < -0.39 is 218 Å². The van der Waals surface area contributed by atoms with Crippen LogP contribution < -0.4 is 64.6 Å². The molecule has 0 radical (unpaired) electrons. The number of hydrogen-bond acceptors (Lipinski definition) is 21. The van der Waals surface area contributed by atoms with Gasteiger partial charge in [-0.2, -0.15) is 0 Å². The molecule has 3 spiro atoms. The Morgan fingerprint density at radius 1 is 0.396 bits per heavy atom. The number of nitrogens with two attached hydrogens (primary N) is 2. The summed E-state index contributed by atoms with van der Waals surface area (Å²) in [6, 6.07) is -12.1. The van der Waals surface area contributed by atoms with Gasteiger partial charge in [-0.3, -0.25) is 57.5 Å². The second-order valence-electron chi connectivity index (χ2n) is 50.3. The number of nitrogens with zero attached hydrogens (tertiary/aromatic N) is 6. The standard InChI is InChI=1S/C37H62N6O7S.C33H56N6O7S.C32H54N6O7S/c1-9-14-26(29(44)32(46)38-21-10-2)39-31(45)28-24-15-18-37(19-20-37)25(24)22-43(28)33(47)30(36(6)16-12-11-13-17-36)41-34(48)40-27(35(3,4)5)23-42(7)51(8,49)50;1-31(2,3)23(18-38(7)47(8,45)46)36-30(44)37-26(32(4,5)6)29(43)39-17-21-20(12-13-33(21)14-15-33)24(39)28(42)35-22(25(40)27(34)41)16-19-10-9-11-19;1-30(2,3)22(17-37(7)46(8,44)45)35-29(43)36-25(31(4,5)6)28(42)38-16-20-19(11-12-32(20)13-14-32)23(38)27(41)34-21(15-18-9-10-18)24(39)26(33)40/h10,24-28,30H,2,9,11-23H2,1,3-8H3,(H,38,46)(H,39,45)(H2,40,41,48);19-24,26H,9-18H2,1-8H3,(H2,34,41)(H,35,42)(H2,36,37,44);18-23,25H,9-17H2,1-8H3,(H2,33,40)(H,34,41)(H2,35,36,43)/t24-,25-,26?,27+,28-,30+;20-,21-,22?,23+,24-,26+;19-,20-,21?,22+,23-,25+/m000/s1. The number of likely N-dealkylation sites (N-methyl/N-ethyl adjacent to an activating group) is 3. The Kier molecular flexibility index (Phi) is 36.8. The maximum atomic E-state index is 15.0. The first kappa shape index (κ1) is 117. The number of nitrogens with one attached hydrogen (secondary N) is 10. The quantitative estimate of drug-likeness (QED) is 0.0240. The zero-order valence-corrected chi connectivity index (χ0v) is 92.3. The van der Waals surface area contributed by atoms with E-state index in [9.17, 15) is 92.4 Å². The lowest BCUT2D eigenvalue weighted by Crippen LogP contribution is -2.63. The van der Waals surface area contributed by atoms with Crippen LogP contribution in [0.5, 0.6) is 0 Å². The van der Waals surface area contributed by atoms with Gasteiger partial charge < -0.3 is 79.3 Å². The lowest BCUT2D eigenvalue weighted by Gasteiger charge is -2.43. The second-order valence-corrected chi connectivity index (χ2v) is 56.6. The number of carbonyl (C=O) groups excluding carboxylic acids is 15. The van der Waals surface area contributed by atoms with Crippen LogP contribution in [-0.2, 0) is 87.6 Å². The molecule has 0 aromatic carbocycles. The van der Waals surface area contributed by atoms with E-state index in [0.29, 0.717) is 38.9 Å². The number of primary amides is 2. The van der Waals surface area contributed by atoms with Crippen LogP contribution >= 0.6 is 0 Å². The molecule has 18 atom stereocenters. The predicted molar refractivity (Wildman–Crippen MR) is 545 cm³/mol. The van der Waals surface area contributed by atoms with Crippen LogP contribution in [0.2, 0.25) is 0 Å². The molecule has 144 heavy (non-hydrogen) atoms. The molecule has 3 heterocycles. The number of carbonyl (C=O) groups is 15. The molecule has 3 unspecified atom stereocenters. The van der Waals surface area contributed by atoms with E-state index in [-0.39, 0.29) is 102 Å². The molecular formula is C102H172N18O21S3. The Bertz CT molecular complexity index is 5150. The zero-order chi connectivity index (χ0) is 108. The smallest absolute Gasteiger partial charge is 0.315 e. The van der Waals surface area contributed by atoms with Crippen molar-refractivity contribution in [1.29, 1.82) is 0 Å². The minimum atomic E-state index is -3.51. The van der Waals surface area contributed by atoms with Gasteiger partial charge >= 0.3 is 18.1 Å². The van der Waals surface area contributed by atoms with Gasteiger partial charge in [0.15, 0.2) is 0 Å². The molecular weight excluding hydrogens is 1910 g/mol. The van der Waals surface area contributed by atoms with E-state index in [0.717, 1.165) is 160 Å². The number of sulfonamides is 3. The summed E-state index contributed by atoms with van der Waals surface area (Å²) < 4.78 is 76.5. The van der Waals surface area contributed by atoms with Gasteiger partial charge in [-0.25, -0.2) is 52.6 Å². The number of Topliss-reactive ketones (excluding diaryl/α,β-unsaturated/α-hetero) is 3. The minimum Gasteiger partial charge on any atom is -0.363 e. The fraction of sp³-hybridized carbons (Fsp3) is 0.833. The number of rotatable bonds is 39. The molecule has 0 bridgehead atoms. The fourth-order valence-corrected chi connectivity index (χ4v) is 25.0. The van der Waals surface area contributed by atoms with Gasteiger partial charge in [0.05, 0.1) is 36.9 Å². The molecule has 3 saturated heterocycles. The molecule has 0 aromatic rings. The average Bonchev–Trinajstić information content (AvgIpc) is 1.56. The molecule has 12 fully saturated rings. The highest BCUT2D eigenvalue weighted by Crippen LogP contribution is 2.69. The molecule has 42 heteroatoms. The van der Waals surface area contributed by atoms with Gasteiger partial charge in [-0.1, -0.05) is 182 Å². The first-order valence-corrected chi connectivity index (χ1v) is 57.8. The zero-order valence-electron chi connectivity index (χ0n) is 89.8. The first-order chi connectivity index (χ1) is 66.4. The van der Waals surface area contributed by atoms with Crippen LogP contribution in [0.4, 0.5) is 14.4 Å². The highest BCUT2D eigenvalue weighted by Gasteiger charge is 2.68. The van der Waals surface area contributed by atoms with E-state index in [1.165, 1.54) is 40.1 Å². The summed E-state index contributed by atoms with van der Waals surface area (Å²) in [7, 11) is -6.14. The van der Waals surface area contributed by atoms with Crippen LogP contribution in [0.1, 0.15) is 285 Å². The van der Waals surface area contributed by atoms with Crippen molar-refractivity contribution in [3.63, 3.8) is 0 Å². The highest BCUT2D eigenvalue weighted by molar-refractivity contribution is 7.88. The minimum absolute atomic E-state index is 0.0374. The van der Waals surface area contributed by atoms with Crippen molar-refractivity contribution in [2.45, 2.75) is 357 Å². The summed E-state index contributed by atoms with van der Waals surface area (Å²) in [6.45, 7) is 37.0. The first-order valence-electron chi connectivity index (χ1n) is 52.3. The van der Waals surface area contributed by atoms with Gasteiger partial charge in [0.25, 0.3) is 17.7 Å². The average molecular weight is 2080 g/mol. The molecule has 14 N–H and O–H groups in total. The van der Waals surface area contributed by atoms with E-state index in [1.807, 2.05) is 118 Å². The normalized spacial score (nSPS) is 25.7. The number of urea groups is 3. The van der Waals surface area contributed by atoms with Crippen molar-refractivity contribution in [2.24, 2.45) is 108 Å². The Balaban J connectivity index is 0.000000222. The fourth-order valence-electron chi connectivity index (χ4n) is 23.8. The van der Waals surface area contributed by atoms with Gasteiger partial charge in [0.1, 0.15) is 36.3 Å². The van der Waals surface area contributed by atoms with Crippen LogP contribution in [0, 0.1) is 96.1 Å². The van der Waals surface area contributed by atoms with E-state index >= 15 is 4.79 Å². The van der Waals surface area contributed by atoms with Gasteiger partial charge in [0.2, 0.25) is 82.9 Å². The Morgan fingerprint density at radius 2 is 0.708 bits per heavy atom. The third-order valence-electron chi connectivity index (χ3n) is 34.3. The summed E-state index contributed by atoms with van der Waals surface area (Å²) in [4.78, 5) is 207. The SMILES string of the molecule is C=CCNC(=O)C(=O)C(CCC)NC(=O)[C@@H]1[C@H]2CCC3(CC3)[C@H]2CN1C(=O)[C@@H](NC(=O)N[C@H](CN(C)S(C)(=O)=O)C(C)(C)C)C1(C)CCCCC1.CN(C[C@@H](NC(=O)N[C@H](C(=O)N1C[C@H]2[C@H](CCC23CC3)[C@H]1C(=O)NC(CC1CC1)C(=O)C(N)=O)C(C)(C)C)C(C)(C)C)S(C)(=O)=O.CN(C[C@@H](NC(=O)N[C@H](C(=O)N1C[C@H]2[C@H](CCC23CC3)[C@H]1C(=O)NC(CC1CCC1)C(=O)C(N)=O)C(C)(C)C)C(C)(C)C)S(C)(=O)=O. The van der Waals surface area contributed by atoms with Crippen molar-refractivity contribution in [2.75, 3.05) is 85.7 Å². The lowest BCUT2D eigenvalue weighted by atomic mass is 9.70. The lowest BCUT2D eigenvalue weighted by molar-refractivity contribution is -0.145. The van der Waals surface area contributed by atoms with E-state index in [4.69, 9.17) is 11.5 Å².